The topological polar surface area (TPSA) is 17.1 Å². The summed E-state index contributed by atoms with van der Waals surface area (Å²) in [5.74, 6) is 0. The zero-order chi connectivity index (χ0) is 17.1. The van der Waals surface area contributed by atoms with Crippen LogP contribution in [0.1, 0.15) is 45.1 Å². The first-order valence-corrected chi connectivity index (χ1v) is 8.38. The van der Waals surface area contributed by atoms with Gasteiger partial charge < -0.3 is 0 Å². The van der Waals surface area contributed by atoms with Crippen molar-refractivity contribution < 1.29 is 4.79 Å². The van der Waals surface area contributed by atoms with Gasteiger partial charge in [-0.1, -0.05) is 67.6 Å². The molecule has 0 aromatic heterocycles. The van der Waals surface area contributed by atoms with Crippen molar-refractivity contribution >= 4 is 18.4 Å². The van der Waals surface area contributed by atoms with Gasteiger partial charge in [-0.15, -0.1) is 0 Å². The Morgan fingerprint density at radius 3 is 2.21 bits per heavy atom. The van der Waals surface area contributed by atoms with E-state index in [0.29, 0.717) is 5.56 Å². The lowest BCUT2D eigenvalue weighted by atomic mass is 10.0. The number of benzene rings is 1. The molecule has 3 rings (SSSR count). The van der Waals surface area contributed by atoms with Crippen LogP contribution < -0.4 is 0 Å². The van der Waals surface area contributed by atoms with Gasteiger partial charge >= 0.3 is 0 Å². The molecule has 2 aliphatic carbocycles. The SMILES string of the molecule is CCc1ccc(C)c2c(/C=C/c3ccc(C=O)cc3)cc(C)c-2c1. The Hall–Kier alpha value is -2.67. The third-order valence-electron chi connectivity index (χ3n) is 4.56. The number of carbonyl (C=O) groups is 1. The fraction of sp³-hybridized carbons (Fsp3) is 0.174. The molecule has 0 fully saturated rings. The fourth-order valence-electron chi connectivity index (χ4n) is 3.13. The predicted octanol–water partition coefficient (Wildman–Crippen LogP) is 5.95. The van der Waals surface area contributed by atoms with Crippen LogP contribution >= 0.6 is 0 Å². The van der Waals surface area contributed by atoms with Crippen LogP contribution in [0.5, 0.6) is 0 Å². The Balaban J connectivity index is 2.02. The lowest BCUT2D eigenvalue weighted by Gasteiger charge is -2.02. The maximum atomic E-state index is 10.7. The minimum Gasteiger partial charge on any atom is -0.298 e. The molecule has 1 nitrogen and oxygen atoms in total. The second kappa shape index (κ2) is 6.84. The maximum absolute atomic E-state index is 10.7. The Bertz CT molecular complexity index is 869. The van der Waals surface area contributed by atoms with Gasteiger partial charge in [-0.25, -0.2) is 0 Å². The fourth-order valence-corrected chi connectivity index (χ4v) is 3.13. The molecule has 120 valence electrons. The van der Waals surface area contributed by atoms with Crippen LogP contribution in [0.4, 0.5) is 0 Å². The number of hydrogen-bond acceptors (Lipinski definition) is 1. The van der Waals surface area contributed by atoms with E-state index in [1.807, 2.05) is 24.3 Å². The van der Waals surface area contributed by atoms with Crippen molar-refractivity contribution in [1.82, 2.24) is 0 Å². The van der Waals surface area contributed by atoms with Gasteiger partial charge in [0.2, 0.25) is 0 Å². The smallest absolute Gasteiger partial charge is 0.150 e. The van der Waals surface area contributed by atoms with Crippen molar-refractivity contribution in [2.24, 2.45) is 0 Å². The van der Waals surface area contributed by atoms with Crippen LogP contribution in [0, 0.1) is 13.8 Å². The summed E-state index contributed by atoms with van der Waals surface area (Å²) < 4.78 is 0. The highest BCUT2D eigenvalue weighted by molar-refractivity contribution is 5.87. The summed E-state index contributed by atoms with van der Waals surface area (Å²) in [4.78, 5) is 10.7. The minimum atomic E-state index is 0.705. The van der Waals surface area contributed by atoms with E-state index < -0.39 is 0 Å². The summed E-state index contributed by atoms with van der Waals surface area (Å²) in [5.41, 5.74) is 9.69. The zero-order valence-corrected chi connectivity index (χ0v) is 14.5. The van der Waals surface area contributed by atoms with E-state index in [0.717, 1.165) is 18.3 Å². The van der Waals surface area contributed by atoms with Gasteiger partial charge in [0.05, 0.1) is 0 Å². The molecule has 1 aromatic carbocycles. The van der Waals surface area contributed by atoms with Crippen LogP contribution in [0.15, 0.2) is 48.5 Å². The molecule has 0 atom stereocenters. The largest absolute Gasteiger partial charge is 0.298 e. The van der Waals surface area contributed by atoms with Crippen molar-refractivity contribution in [3.63, 3.8) is 0 Å². The van der Waals surface area contributed by atoms with Crippen molar-refractivity contribution in [1.29, 1.82) is 0 Å². The van der Waals surface area contributed by atoms with E-state index in [9.17, 15) is 4.79 Å². The molecule has 0 spiro atoms. The summed E-state index contributed by atoms with van der Waals surface area (Å²) in [7, 11) is 0. The van der Waals surface area contributed by atoms with E-state index in [1.165, 1.54) is 33.4 Å². The van der Waals surface area contributed by atoms with Gasteiger partial charge in [0.25, 0.3) is 0 Å². The van der Waals surface area contributed by atoms with Crippen molar-refractivity contribution in [3.05, 3.63) is 81.9 Å². The van der Waals surface area contributed by atoms with Gasteiger partial charge in [0, 0.05) is 5.56 Å². The normalized spacial score (nSPS) is 11.3. The molecule has 0 N–H and O–H groups in total. The molecule has 0 amide bonds. The van der Waals surface area contributed by atoms with Gasteiger partial charge in [-0.2, -0.15) is 0 Å². The standard InChI is InChI=1S/C23H22O/c1-4-18-6-5-16(2)23-21(13-17(3)22(23)14-18)12-11-19-7-9-20(15-24)10-8-19/h5-15H,4H2,1-3H3/b12-11+. The number of fused-ring (bicyclic) bond motifs is 1. The summed E-state index contributed by atoms with van der Waals surface area (Å²) in [6.45, 7) is 6.55. The van der Waals surface area contributed by atoms with E-state index in [2.05, 4.69) is 57.2 Å². The Kier molecular flexibility index (Phi) is 4.61. The van der Waals surface area contributed by atoms with Crippen molar-refractivity contribution in [2.75, 3.05) is 0 Å². The minimum absolute atomic E-state index is 0.705. The monoisotopic (exact) mass is 314 g/mol. The molecule has 0 radical (unpaired) electrons. The van der Waals surface area contributed by atoms with Gasteiger partial charge in [0.1, 0.15) is 6.29 Å². The highest BCUT2D eigenvalue weighted by atomic mass is 16.1. The Morgan fingerprint density at radius 1 is 0.833 bits per heavy atom. The van der Waals surface area contributed by atoms with Crippen LogP contribution in [0.25, 0.3) is 23.3 Å². The second-order valence-corrected chi connectivity index (χ2v) is 6.28. The lowest BCUT2D eigenvalue weighted by Crippen LogP contribution is -1.80. The molecule has 0 saturated heterocycles. The molecule has 24 heavy (non-hydrogen) atoms. The lowest BCUT2D eigenvalue weighted by molar-refractivity contribution is 0.112. The first kappa shape index (κ1) is 16.2. The molecule has 0 unspecified atom stereocenters. The molecule has 0 saturated carbocycles. The number of aldehydes is 1. The third kappa shape index (κ3) is 3.16. The van der Waals surface area contributed by atoms with Crippen molar-refractivity contribution in [2.45, 2.75) is 27.2 Å². The molecule has 0 heterocycles. The quantitative estimate of drug-likeness (QED) is 0.543. The molecule has 0 bridgehead atoms. The molecular weight excluding hydrogens is 292 g/mol. The summed E-state index contributed by atoms with van der Waals surface area (Å²) >= 11 is 0. The van der Waals surface area contributed by atoms with Gasteiger partial charge in [0.15, 0.2) is 0 Å². The molecule has 0 aliphatic heterocycles. The number of aryl methyl sites for hydroxylation is 3. The summed E-state index contributed by atoms with van der Waals surface area (Å²) in [6.07, 6.45) is 6.19. The highest BCUT2D eigenvalue weighted by Crippen LogP contribution is 2.36. The maximum Gasteiger partial charge on any atom is 0.150 e. The number of rotatable bonds is 4. The second-order valence-electron chi connectivity index (χ2n) is 6.28. The van der Waals surface area contributed by atoms with Crippen molar-refractivity contribution in [3.8, 4) is 11.1 Å². The first-order valence-electron chi connectivity index (χ1n) is 8.38. The summed E-state index contributed by atoms with van der Waals surface area (Å²) in [5, 5.41) is 0. The Morgan fingerprint density at radius 2 is 1.54 bits per heavy atom. The van der Waals surface area contributed by atoms with E-state index in [4.69, 9.17) is 0 Å². The van der Waals surface area contributed by atoms with Crippen LogP contribution in [0.3, 0.4) is 0 Å². The van der Waals surface area contributed by atoms with Gasteiger partial charge in [-0.3, -0.25) is 4.79 Å². The van der Waals surface area contributed by atoms with Crippen LogP contribution in [-0.4, -0.2) is 6.29 Å². The predicted molar refractivity (Wildman–Crippen MR) is 103 cm³/mol. The molecule has 1 aromatic rings. The van der Waals surface area contributed by atoms with Gasteiger partial charge in [-0.05, 0) is 59.2 Å². The third-order valence-corrected chi connectivity index (χ3v) is 4.56. The average Bonchev–Trinajstić information content (AvgIpc) is 2.80. The number of carbonyl (C=O) groups excluding carboxylic acids is 1. The van der Waals surface area contributed by atoms with E-state index in [-0.39, 0.29) is 0 Å². The summed E-state index contributed by atoms with van der Waals surface area (Å²) in [6, 6.07) is 16.7. The van der Waals surface area contributed by atoms with E-state index >= 15 is 0 Å². The molecule has 1 heteroatoms. The number of hydrogen-bond donors (Lipinski definition) is 0. The molecular formula is C23H22O. The van der Waals surface area contributed by atoms with Crippen LogP contribution in [-0.2, 0) is 6.42 Å². The Labute approximate surface area is 144 Å². The van der Waals surface area contributed by atoms with E-state index in [1.54, 1.807) is 0 Å². The highest BCUT2D eigenvalue weighted by Gasteiger charge is 2.13. The molecule has 2 aliphatic rings. The first-order chi connectivity index (χ1) is 11.6. The average molecular weight is 314 g/mol. The van der Waals surface area contributed by atoms with Crippen LogP contribution in [0.2, 0.25) is 0 Å². The zero-order valence-electron chi connectivity index (χ0n) is 14.5.